The van der Waals surface area contributed by atoms with E-state index >= 15 is 0 Å². The number of alkyl halides is 3. The Kier molecular flexibility index (Phi) is 6.67. The zero-order valence-corrected chi connectivity index (χ0v) is 16.9. The molecule has 0 bridgehead atoms. The summed E-state index contributed by atoms with van der Waals surface area (Å²) in [4.78, 5) is 23.8. The summed E-state index contributed by atoms with van der Waals surface area (Å²) in [6.07, 6.45) is -3.30. The lowest BCUT2D eigenvalue weighted by Crippen LogP contribution is -2.42. The Labute approximate surface area is 177 Å². The molecule has 1 fully saturated rings. The fourth-order valence-electron chi connectivity index (χ4n) is 3.64. The lowest BCUT2D eigenvalue weighted by atomic mass is 9.96. The first-order chi connectivity index (χ1) is 14.6. The highest BCUT2D eigenvalue weighted by molar-refractivity contribution is 5.89. The van der Waals surface area contributed by atoms with Crippen LogP contribution >= 0.6 is 0 Å². The Morgan fingerprint density at radius 3 is 2.58 bits per heavy atom. The van der Waals surface area contributed by atoms with Gasteiger partial charge in [0.05, 0.1) is 10.5 Å². The SMILES string of the molecule is Cc1ccc(NC(=O)NCC2CCCN(c3ccc([N+](=O)[O-])cc3C(F)(F)F)C2)cc1. The van der Waals surface area contributed by atoms with Gasteiger partial charge in [0.1, 0.15) is 0 Å². The third-order valence-electron chi connectivity index (χ3n) is 5.22. The van der Waals surface area contributed by atoms with E-state index in [1.165, 1.54) is 0 Å². The number of piperidine rings is 1. The molecule has 0 aromatic heterocycles. The first kappa shape index (κ1) is 22.4. The smallest absolute Gasteiger partial charge is 0.371 e. The maximum atomic E-state index is 13.5. The van der Waals surface area contributed by atoms with Gasteiger partial charge in [-0.2, -0.15) is 13.2 Å². The monoisotopic (exact) mass is 436 g/mol. The summed E-state index contributed by atoms with van der Waals surface area (Å²) in [5.74, 6) is -0.0474. The van der Waals surface area contributed by atoms with Gasteiger partial charge in [-0.3, -0.25) is 10.1 Å². The zero-order valence-electron chi connectivity index (χ0n) is 16.9. The number of urea groups is 1. The van der Waals surface area contributed by atoms with Crippen LogP contribution in [0, 0.1) is 23.0 Å². The van der Waals surface area contributed by atoms with Gasteiger partial charge in [-0.05, 0) is 43.9 Å². The van der Waals surface area contributed by atoms with Crippen LogP contribution < -0.4 is 15.5 Å². The summed E-state index contributed by atoms with van der Waals surface area (Å²) in [7, 11) is 0. The number of nitro groups is 1. The van der Waals surface area contributed by atoms with Gasteiger partial charge >= 0.3 is 12.2 Å². The van der Waals surface area contributed by atoms with Crippen molar-refractivity contribution in [2.75, 3.05) is 29.9 Å². The summed E-state index contributed by atoms with van der Waals surface area (Å²) in [6, 6.07) is 9.74. The molecule has 2 aromatic carbocycles. The van der Waals surface area contributed by atoms with Gasteiger partial charge in [0.15, 0.2) is 0 Å². The van der Waals surface area contributed by atoms with Crippen molar-refractivity contribution in [2.24, 2.45) is 5.92 Å². The molecule has 31 heavy (non-hydrogen) atoms. The van der Waals surface area contributed by atoms with Crippen molar-refractivity contribution < 1.29 is 22.9 Å². The van der Waals surface area contributed by atoms with Gasteiger partial charge in [-0.15, -0.1) is 0 Å². The van der Waals surface area contributed by atoms with Gasteiger partial charge in [0, 0.05) is 43.1 Å². The average Bonchev–Trinajstić information content (AvgIpc) is 2.73. The number of nitrogens with zero attached hydrogens (tertiary/aromatic N) is 2. The van der Waals surface area contributed by atoms with E-state index in [9.17, 15) is 28.1 Å². The first-order valence-electron chi connectivity index (χ1n) is 9.85. The van der Waals surface area contributed by atoms with Crippen molar-refractivity contribution in [1.29, 1.82) is 0 Å². The highest BCUT2D eigenvalue weighted by Gasteiger charge is 2.37. The number of rotatable bonds is 5. The van der Waals surface area contributed by atoms with Gasteiger partial charge in [0.2, 0.25) is 0 Å². The lowest BCUT2D eigenvalue weighted by molar-refractivity contribution is -0.385. The second kappa shape index (κ2) is 9.23. The van der Waals surface area contributed by atoms with Crippen LogP contribution in [0.2, 0.25) is 0 Å². The van der Waals surface area contributed by atoms with Crippen molar-refractivity contribution in [2.45, 2.75) is 25.9 Å². The van der Waals surface area contributed by atoms with E-state index in [-0.39, 0.29) is 17.6 Å². The first-order valence-corrected chi connectivity index (χ1v) is 9.85. The van der Waals surface area contributed by atoms with Crippen LogP contribution in [-0.4, -0.2) is 30.6 Å². The van der Waals surface area contributed by atoms with Gasteiger partial charge in [-0.1, -0.05) is 17.7 Å². The highest BCUT2D eigenvalue weighted by Crippen LogP contribution is 2.39. The number of carbonyl (C=O) groups is 1. The van der Waals surface area contributed by atoms with E-state index in [2.05, 4.69) is 10.6 Å². The third-order valence-corrected chi connectivity index (χ3v) is 5.22. The number of nitro benzene ring substituents is 1. The number of hydrogen-bond donors (Lipinski definition) is 2. The molecule has 1 unspecified atom stereocenters. The Bertz CT molecular complexity index is 948. The summed E-state index contributed by atoms with van der Waals surface area (Å²) < 4.78 is 40.5. The van der Waals surface area contributed by atoms with Crippen LogP contribution in [0.25, 0.3) is 0 Å². The maximum absolute atomic E-state index is 13.5. The summed E-state index contributed by atoms with van der Waals surface area (Å²) in [6.45, 7) is 2.97. The Morgan fingerprint density at radius 2 is 1.94 bits per heavy atom. The molecular formula is C21H23F3N4O3. The predicted molar refractivity (Wildman–Crippen MR) is 111 cm³/mol. The van der Waals surface area contributed by atoms with Crippen LogP contribution in [-0.2, 0) is 6.18 Å². The van der Waals surface area contributed by atoms with Crippen molar-refractivity contribution in [3.63, 3.8) is 0 Å². The zero-order chi connectivity index (χ0) is 22.6. The second-order valence-electron chi connectivity index (χ2n) is 7.61. The number of anilines is 2. The number of aryl methyl sites for hydroxylation is 1. The summed E-state index contributed by atoms with van der Waals surface area (Å²) in [5, 5.41) is 16.4. The van der Waals surface area contributed by atoms with E-state index < -0.39 is 22.4 Å². The second-order valence-corrected chi connectivity index (χ2v) is 7.61. The van der Waals surface area contributed by atoms with Crippen LogP contribution in [0.4, 0.5) is 35.0 Å². The van der Waals surface area contributed by atoms with Gasteiger partial charge in [0.25, 0.3) is 5.69 Å². The van der Waals surface area contributed by atoms with E-state index in [0.717, 1.165) is 24.1 Å². The van der Waals surface area contributed by atoms with Crippen LogP contribution in [0.15, 0.2) is 42.5 Å². The van der Waals surface area contributed by atoms with Gasteiger partial charge in [-0.25, -0.2) is 4.79 Å². The van der Waals surface area contributed by atoms with Crippen molar-refractivity contribution in [3.05, 3.63) is 63.7 Å². The molecule has 2 amide bonds. The number of benzene rings is 2. The van der Waals surface area contributed by atoms with Crippen LogP contribution in [0.3, 0.4) is 0 Å². The molecule has 0 spiro atoms. The standard InChI is InChI=1S/C21H23F3N4O3/c1-14-4-6-16(7-5-14)26-20(29)25-12-15-3-2-10-27(13-15)19-9-8-17(28(30)31)11-18(19)21(22,23)24/h4-9,11,15H,2-3,10,12-13H2,1H3,(H2,25,26,29). The van der Waals surface area contributed by atoms with E-state index in [0.29, 0.717) is 37.8 Å². The molecule has 0 saturated carbocycles. The van der Waals surface area contributed by atoms with E-state index in [1.54, 1.807) is 17.0 Å². The molecule has 7 nitrogen and oxygen atoms in total. The van der Waals surface area contributed by atoms with E-state index in [1.807, 2.05) is 19.1 Å². The van der Waals surface area contributed by atoms with Crippen LogP contribution in [0.5, 0.6) is 0 Å². The maximum Gasteiger partial charge on any atom is 0.418 e. The molecule has 1 aliphatic heterocycles. The number of nitrogens with one attached hydrogen (secondary N) is 2. The minimum atomic E-state index is -4.71. The largest absolute Gasteiger partial charge is 0.418 e. The average molecular weight is 436 g/mol. The van der Waals surface area contributed by atoms with Crippen molar-refractivity contribution in [3.8, 4) is 0 Å². The number of non-ortho nitro benzene ring substituents is 1. The molecule has 1 heterocycles. The van der Waals surface area contributed by atoms with Gasteiger partial charge < -0.3 is 15.5 Å². The number of amides is 2. The van der Waals surface area contributed by atoms with Crippen molar-refractivity contribution in [1.82, 2.24) is 5.32 Å². The topological polar surface area (TPSA) is 87.5 Å². The Morgan fingerprint density at radius 1 is 1.23 bits per heavy atom. The molecule has 1 aliphatic rings. The summed E-state index contributed by atoms with van der Waals surface area (Å²) in [5.41, 5.74) is 0.0187. The predicted octanol–water partition coefficient (Wildman–Crippen LogP) is 4.96. The molecule has 0 radical (unpaired) electrons. The lowest BCUT2D eigenvalue weighted by Gasteiger charge is -2.35. The van der Waals surface area contributed by atoms with E-state index in [4.69, 9.17) is 0 Å². The molecule has 166 valence electrons. The molecule has 3 rings (SSSR count). The molecule has 1 atom stereocenters. The Hall–Kier alpha value is -3.30. The fourth-order valence-corrected chi connectivity index (χ4v) is 3.64. The number of carbonyl (C=O) groups excluding carboxylic acids is 1. The molecule has 2 aromatic rings. The molecule has 10 heteroatoms. The quantitative estimate of drug-likeness (QED) is 0.512. The minimum Gasteiger partial charge on any atom is -0.371 e. The Balaban J connectivity index is 1.64. The fraction of sp³-hybridized carbons (Fsp3) is 0.381. The molecule has 1 saturated heterocycles. The molecule has 2 N–H and O–H groups in total. The van der Waals surface area contributed by atoms with Crippen LogP contribution in [0.1, 0.15) is 24.0 Å². The normalized spacial score (nSPS) is 16.6. The third kappa shape index (κ3) is 5.87. The molecule has 0 aliphatic carbocycles. The number of halogens is 3. The summed E-state index contributed by atoms with van der Waals surface area (Å²) >= 11 is 0. The number of hydrogen-bond acceptors (Lipinski definition) is 4. The highest BCUT2D eigenvalue weighted by atomic mass is 19.4. The molecular weight excluding hydrogens is 413 g/mol. The van der Waals surface area contributed by atoms with Crippen molar-refractivity contribution >= 4 is 23.1 Å². The minimum absolute atomic E-state index is 0.0474.